The molecule has 1 amide bonds. The van der Waals surface area contributed by atoms with Gasteiger partial charge in [-0.1, -0.05) is 30.1 Å². The van der Waals surface area contributed by atoms with E-state index in [2.05, 4.69) is 9.71 Å². The van der Waals surface area contributed by atoms with Crippen LogP contribution >= 0.6 is 11.9 Å². The molecule has 1 saturated heterocycles. The number of halogens is 3. The smallest absolute Gasteiger partial charge is 0.283 e. The molecule has 0 radical (unpaired) electrons. The average molecular weight is 421 g/mol. The molecule has 0 bridgehead atoms. The number of alkyl halides is 2. The Morgan fingerprint density at radius 2 is 2.03 bits per heavy atom. The maximum absolute atomic E-state index is 15.3. The number of likely N-dealkylation sites (tertiary alicyclic amines) is 1. The van der Waals surface area contributed by atoms with Crippen LogP contribution in [-0.4, -0.2) is 46.1 Å². The van der Waals surface area contributed by atoms with Crippen LogP contribution in [0.2, 0.25) is 0 Å². The first-order chi connectivity index (χ1) is 13.9. The van der Waals surface area contributed by atoms with Crippen molar-refractivity contribution < 1.29 is 18.0 Å². The Labute approximate surface area is 172 Å². The zero-order valence-corrected chi connectivity index (χ0v) is 16.8. The maximum Gasteiger partial charge on any atom is 0.283 e. The Morgan fingerprint density at radius 3 is 2.72 bits per heavy atom. The molecule has 1 aliphatic heterocycles. The number of aromatic nitrogens is 1. The van der Waals surface area contributed by atoms with E-state index in [4.69, 9.17) is 0 Å². The summed E-state index contributed by atoms with van der Waals surface area (Å²) in [5.74, 6) is -3.56. The van der Waals surface area contributed by atoms with Gasteiger partial charge in [0.2, 0.25) is 6.41 Å². The van der Waals surface area contributed by atoms with E-state index in [0.717, 1.165) is 23.4 Å². The molecule has 2 atom stereocenters. The van der Waals surface area contributed by atoms with Crippen LogP contribution in [0.3, 0.4) is 0 Å². The SMILES string of the molecule is Cc1cccc(-c2cccc(CC3C(NSC4CC4)C(F)(F)CN3C=O)c2F)n1. The van der Waals surface area contributed by atoms with Crippen molar-refractivity contribution in [2.45, 2.75) is 49.4 Å². The van der Waals surface area contributed by atoms with Crippen LogP contribution in [0.1, 0.15) is 24.1 Å². The standard InChI is InChI=1S/C21H22F3N3OS/c1-13-4-2-7-17(25-13)16-6-3-5-14(19(16)22)10-18-20(26-29-15-8-9-15)21(23,24)11-27(18)12-28/h2-7,12,15,18,20,26H,8-11H2,1H3. The topological polar surface area (TPSA) is 45.2 Å². The molecule has 2 heterocycles. The second-order valence-corrected chi connectivity index (χ2v) is 8.80. The molecule has 2 fully saturated rings. The molecule has 29 heavy (non-hydrogen) atoms. The number of aryl methyl sites for hydroxylation is 1. The summed E-state index contributed by atoms with van der Waals surface area (Å²) in [6, 6.07) is 8.18. The highest BCUT2D eigenvalue weighted by atomic mass is 32.2. The van der Waals surface area contributed by atoms with E-state index in [-0.39, 0.29) is 6.42 Å². The third-order valence-electron chi connectivity index (χ3n) is 5.35. The largest absolute Gasteiger partial charge is 0.334 e. The van der Waals surface area contributed by atoms with Crippen molar-refractivity contribution in [2.75, 3.05) is 6.54 Å². The maximum atomic E-state index is 15.3. The van der Waals surface area contributed by atoms with Crippen molar-refractivity contribution >= 4 is 18.4 Å². The zero-order chi connectivity index (χ0) is 20.6. The van der Waals surface area contributed by atoms with Crippen LogP contribution in [0.5, 0.6) is 0 Å². The predicted molar refractivity (Wildman–Crippen MR) is 107 cm³/mol. The van der Waals surface area contributed by atoms with Crippen molar-refractivity contribution in [2.24, 2.45) is 0 Å². The van der Waals surface area contributed by atoms with Gasteiger partial charge in [0.05, 0.1) is 18.3 Å². The highest BCUT2D eigenvalue weighted by Crippen LogP contribution is 2.39. The molecular formula is C21H22F3N3OS. The fraction of sp³-hybridized carbons (Fsp3) is 0.429. The van der Waals surface area contributed by atoms with Crippen LogP contribution in [0.25, 0.3) is 11.3 Å². The van der Waals surface area contributed by atoms with Gasteiger partial charge in [0.1, 0.15) is 11.9 Å². The number of nitrogens with one attached hydrogen (secondary N) is 1. The molecule has 0 spiro atoms. The molecule has 1 aromatic carbocycles. The van der Waals surface area contributed by atoms with E-state index in [1.807, 2.05) is 13.0 Å². The minimum absolute atomic E-state index is 0.00269. The average Bonchev–Trinajstić information content (AvgIpc) is 3.47. The lowest BCUT2D eigenvalue weighted by molar-refractivity contribution is -0.120. The summed E-state index contributed by atoms with van der Waals surface area (Å²) >= 11 is 1.30. The first-order valence-corrected chi connectivity index (χ1v) is 10.5. The van der Waals surface area contributed by atoms with Gasteiger partial charge in [-0.25, -0.2) is 13.2 Å². The number of carbonyl (C=O) groups excluding carboxylic acids is 1. The van der Waals surface area contributed by atoms with E-state index >= 15 is 4.39 Å². The second kappa shape index (κ2) is 7.99. The van der Waals surface area contributed by atoms with Gasteiger partial charge in [-0.2, -0.15) is 0 Å². The van der Waals surface area contributed by atoms with Crippen LogP contribution in [0.4, 0.5) is 13.2 Å². The van der Waals surface area contributed by atoms with Gasteiger partial charge >= 0.3 is 0 Å². The van der Waals surface area contributed by atoms with Gasteiger partial charge in [-0.15, -0.1) is 0 Å². The molecule has 4 nitrogen and oxygen atoms in total. The molecular weight excluding hydrogens is 399 g/mol. The second-order valence-electron chi connectivity index (χ2n) is 7.67. The van der Waals surface area contributed by atoms with Gasteiger partial charge in [-0.05, 0) is 49.9 Å². The lowest BCUT2D eigenvalue weighted by atomic mass is 9.96. The van der Waals surface area contributed by atoms with E-state index in [1.165, 1.54) is 11.9 Å². The Hall–Kier alpha value is -2.06. The summed E-state index contributed by atoms with van der Waals surface area (Å²) < 4.78 is 47.3. The molecule has 2 aliphatic rings. The first kappa shape index (κ1) is 20.2. The monoisotopic (exact) mass is 421 g/mol. The number of amides is 1. The summed E-state index contributed by atoms with van der Waals surface area (Å²) in [4.78, 5) is 16.9. The number of hydrogen-bond acceptors (Lipinski definition) is 4. The van der Waals surface area contributed by atoms with Crippen molar-refractivity contribution in [3.63, 3.8) is 0 Å². The highest BCUT2D eigenvalue weighted by Gasteiger charge is 2.54. The summed E-state index contributed by atoms with van der Waals surface area (Å²) in [5.41, 5.74) is 1.87. The minimum Gasteiger partial charge on any atom is -0.334 e. The van der Waals surface area contributed by atoms with Crippen LogP contribution in [0.15, 0.2) is 36.4 Å². The summed E-state index contributed by atoms with van der Waals surface area (Å²) in [5, 5.41) is 0.337. The third-order valence-corrected chi connectivity index (χ3v) is 6.55. The molecule has 1 aromatic heterocycles. The first-order valence-electron chi connectivity index (χ1n) is 9.60. The van der Waals surface area contributed by atoms with E-state index < -0.39 is 30.4 Å². The third kappa shape index (κ3) is 4.28. The summed E-state index contributed by atoms with van der Waals surface area (Å²) in [6.07, 6.45) is 2.44. The van der Waals surface area contributed by atoms with Crippen molar-refractivity contribution in [3.8, 4) is 11.3 Å². The van der Waals surface area contributed by atoms with Gasteiger partial charge < -0.3 is 4.90 Å². The number of benzene rings is 1. The summed E-state index contributed by atoms with van der Waals surface area (Å²) in [6.45, 7) is 1.16. The Kier molecular flexibility index (Phi) is 5.57. The van der Waals surface area contributed by atoms with E-state index in [1.54, 1.807) is 30.3 Å². The molecule has 1 aliphatic carbocycles. The number of pyridine rings is 1. The fourth-order valence-electron chi connectivity index (χ4n) is 3.66. The van der Waals surface area contributed by atoms with Gasteiger partial charge in [0, 0.05) is 16.5 Å². The Bertz CT molecular complexity index is 906. The Balaban J connectivity index is 1.62. The molecule has 4 rings (SSSR count). The van der Waals surface area contributed by atoms with Crippen molar-refractivity contribution in [3.05, 3.63) is 53.5 Å². The lowest BCUT2D eigenvalue weighted by Crippen LogP contribution is -2.47. The molecule has 8 heteroatoms. The van der Waals surface area contributed by atoms with E-state index in [9.17, 15) is 13.6 Å². The summed E-state index contributed by atoms with van der Waals surface area (Å²) in [7, 11) is 0. The zero-order valence-electron chi connectivity index (χ0n) is 15.9. The Morgan fingerprint density at radius 1 is 1.28 bits per heavy atom. The minimum atomic E-state index is -3.07. The number of nitrogens with zero attached hydrogens (tertiary/aromatic N) is 2. The predicted octanol–water partition coefficient (Wildman–Crippen LogP) is 3.98. The lowest BCUT2D eigenvalue weighted by Gasteiger charge is -2.26. The van der Waals surface area contributed by atoms with Crippen LogP contribution < -0.4 is 4.72 Å². The molecule has 154 valence electrons. The number of carbonyl (C=O) groups is 1. The molecule has 2 aromatic rings. The van der Waals surface area contributed by atoms with Crippen LogP contribution in [-0.2, 0) is 11.2 Å². The van der Waals surface area contributed by atoms with Crippen LogP contribution in [0, 0.1) is 12.7 Å². The quantitative estimate of drug-likeness (QED) is 0.543. The fourth-order valence-corrected chi connectivity index (χ4v) is 4.70. The highest BCUT2D eigenvalue weighted by molar-refractivity contribution is 7.98. The van der Waals surface area contributed by atoms with Gasteiger partial charge in [-0.3, -0.25) is 14.5 Å². The van der Waals surface area contributed by atoms with Gasteiger partial charge in [0.15, 0.2) is 0 Å². The molecule has 1 saturated carbocycles. The molecule has 1 N–H and O–H groups in total. The normalized spacial score (nSPS) is 23.4. The van der Waals surface area contributed by atoms with Crippen molar-refractivity contribution in [1.82, 2.24) is 14.6 Å². The number of hydrogen-bond donors (Lipinski definition) is 1. The van der Waals surface area contributed by atoms with Gasteiger partial charge in [0.25, 0.3) is 5.92 Å². The van der Waals surface area contributed by atoms with E-state index in [0.29, 0.717) is 28.5 Å². The van der Waals surface area contributed by atoms with Crippen molar-refractivity contribution in [1.29, 1.82) is 0 Å². The molecule has 2 unspecified atom stereocenters. The number of rotatable bonds is 7.